The van der Waals surface area contributed by atoms with Gasteiger partial charge in [-0.25, -0.2) is 0 Å². The second kappa shape index (κ2) is 5.28. The van der Waals surface area contributed by atoms with Gasteiger partial charge in [0.2, 0.25) is 0 Å². The summed E-state index contributed by atoms with van der Waals surface area (Å²) in [4.78, 5) is 0. The van der Waals surface area contributed by atoms with Crippen LogP contribution in [0.2, 0.25) is 0 Å². The minimum atomic E-state index is -4.20. The number of alkyl halides is 3. The summed E-state index contributed by atoms with van der Waals surface area (Å²) in [7, 11) is 0. The first-order chi connectivity index (χ1) is 8.54. The predicted octanol–water partition coefficient (Wildman–Crippen LogP) is 2.46. The second-order valence-electron chi connectivity index (χ2n) is 4.67. The average molecular weight is 258 g/mol. The third-order valence-corrected chi connectivity index (χ3v) is 3.47. The van der Waals surface area contributed by atoms with Gasteiger partial charge < -0.3 is 5.32 Å². The van der Waals surface area contributed by atoms with Crippen LogP contribution in [0.5, 0.6) is 0 Å². The molecule has 0 unspecified atom stereocenters. The smallest absolute Gasteiger partial charge is 0.317 e. The van der Waals surface area contributed by atoms with Crippen LogP contribution in [0.4, 0.5) is 13.2 Å². The van der Waals surface area contributed by atoms with E-state index in [2.05, 4.69) is 10.6 Å². The molecule has 2 nitrogen and oxygen atoms in total. The highest BCUT2D eigenvalue weighted by atomic mass is 19.4. The minimum Gasteiger partial charge on any atom is -0.317 e. The summed E-state index contributed by atoms with van der Waals surface area (Å²) >= 11 is 0. The lowest BCUT2D eigenvalue weighted by molar-refractivity contribution is -0.204. The van der Waals surface area contributed by atoms with Gasteiger partial charge in [-0.05, 0) is 31.5 Å². The molecule has 18 heavy (non-hydrogen) atoms. The monoisotopic (exact) mass is 258 g/mol. The van der Waals surface area contributed by atoms with E-state index in [1.54, 1.807) is 0 Å². The lowest BCUT2D eigenvalue weighted by atomic mass is 9.87. The van der Waals surface area contributed by atoms with E-state index in [4.69, 9.17) is 0 Å². The molecule has 0 amide bonds. The predicted molar refractivity (Wildman–Crippen MR) is 64.2 cm³/mol. The Morgan fingerprint density at radius 1 is 1.11 bits per heavy atom. The molecule has 2 rings (SSSR count). The molecule has 100 valence electrons. The summed E-state index contributed by atoms with van der Waals surface area (Å²) in [6.07, 6.45) is -4.03. The summed E-state index contributed by atoms with van der Waals surface area (Å²) in [5.41, 5.74) is -0.867. The van der Waals surface area contributed by atoms with Crippen molar-refractivity contribution >= 4 is 0 Å². The minimum absolute atomic E-state index is 0.0866. The van der Waals surface area contributed by atoms with Gasteiger partial charge in [0, 0.05) is 6.54 Å². The van der Waals surface area contributed by atoms with Crippen LogP contribution in [0, 0.1) is 0 Å². The van der Waals surface area contributed by atoms with E-state index < -0.39 is 11.7 Å². The average Bonchev–Trinajstić information content (AvgIpc) is 2.37. The maximum absolute atomic E-state index is 13.2. The van der Waals surface area contributed by atoms with Gasteiger partial charge in [0.05, 0.1) is 0 Å². The molecule has 5 heteroatoms. The maximum atomic E-state index is 13.2. The quantitative estimate of drug-likeness (QED) is 0.870. The van der Waals surface area contributed by atoms with Crippen LogP contribution < -0.4 is 10.6 Å². The van der Waals surface area contributed by atoms with Crippen molar-refractivity contribution in [3.8, 4) is 0 Å². The molecule has 2 N–H and O–H groups in total. The van der Waals surface area contributed by atoms with Gasteiger partial charge in [0.15, 0.2) is 0 Å². The Hall–Kier alpha value is -1.07. The summed E-state index contributed by atoms with van der Waals surface area (Å²) in [5, 5.41) is 5.70. The van der Waals surface area contributed by atoms with Crippen LogP contribution in [0.1, 0.15) is 18.4 Å². The number of rotatable bonds is 3. The Labute approximate surface area is 105 Å². The molecule has 1 saturated heterocycles. The van der Waals surface area contributed by atoms with Crippen LogP contribution in [-0.4, -0.2) is 24.8 Å². The molecule has 1 fully saturated rings. The molecule has 0 saturated carbocycles. The van der Waals surface area contributed by atoms with Crippen molar-refractivity contribution in [2.24, 2.45) is 0 Å². The first kappa shape index (κ1) is 13.4. The molecule has 1 aromatic rings. The number of hydrogen-bond acceptors (Lipinski definition) is 2. The van der Waals surface area contributed by atoms with Crippen LogP contribution in [0.3, 0.4) is 0 Å². The molecular weight excluding hydrogens is 241 g/mol. The van der Waals surface area contributed by atoms with Gasteiger partial charge in [-0.3, -0.25) is 5.32 Å². The van der Waals surface area contributed by atoms with Gasteiger partial charge in [-0.2, -0.15) is 13.2 Å². The third kappa shape index (κ3) is 2.84. The molecule has 0 bridgehead atoms. The number of hydrogen-bond donors (Lipinski definition) is 2. The molecule has 0 aliphatic carbocycles. The lowest BCUT2D eigenvalue weighted by Gasteiger charge is -2.40. The normalized spacial score (nSPS) is 19.7. The summed E-state index contributed by atoms with van der Waals surface area (Å²) in [5.74, 6) is 0. The van der Waals surface area contributed by atoms with E-state index in [1.807, 2.05) is 30.3 Å². The standard InChI is InChI=1S/C13H17F3N2/c14-13(15,16)12(6-8-17-9-7-12)18-10-11-4-2-1-3-5-11/h1-5,17-18H,6-10H2. The van der Waals surface area contributed by atoms with E-state index in [0.717, 1.165) is 5.56 Å². The highest BCUT2D eigenvalue weighted by Crippen LogP contribution is 2.37. The van der Waals surface area contributed by atoms with E-state index in [0.29, 0.717) is 13.1 Å². The Bertz CT molecular complexity index is 370. The van der Waals surface area contributed by atoms with Crippen molar-refractivity contribution in [1.29, 1.82) is 0 Å². The van der Waals surface area contributed by atoms with Crippen molar-refractivity contribution in [3.05, 3.63) is 35.9 Å². The topological polar surface area (TPSA) is 24.1 Å². The lowest BCUT2D eigenvalue weighted by Crippen LogP contribution is -2.61. The Morgan fingerprint density at radius 2 is 1.72 bits per heavy atom. The van der Waals surface area contributed by atoms with Crippen molar-refractivity contribution in [3.63, 3.8) is 0 Å². The molecule has 1 aliphatic rings. The molecule has 1 aliphatic heterocycles. The van der Waals surface area contributed by atoms with E-state index in [9.17, 15) is 13.2 Å². The summed E-state index contributed by atoms with van der Waals surface area (Å²) < 4.78 is 39.6. The molecule has 0 radical (unpaired) electrons. The zero-order valence-electron chi connectivity index (χ0n) is 10.1. The van der Waals surface area contributed by atoms with E-state index in [-0.39, 0.29) is 19.4 Å². The molecule has 1 aromatic carbocycles. The van der Waals surface area contributed by atoms with Crippen molar-refractivity contribution in [2.45, 2.75) is 31.1 Å². The molecule has 0 atom stereocenters. The van der Waals surface area contributed by atoms with Gasteiger partial charge in [-0.15, -0.1) is 0 Å². The first-order valence-corrected chi connectivity index (χ1v) is 6.10. The second-order valence-corrected chi connectivity index (χ2v) is 4.67. The van der Waals surface area contributed by atoms with Gasteiger partial charge in [0.25, 0.3) is 0 Å². The fourth-order valence-electron chi connectivity index (χ4n) is 2.28. The third-order valence-electron chi connectivity index (χ3n) is 3.47. The zero-order chi connectivity index (χ0) is 13.1. The summed E-state index contributed by atoms with van der Waals surface area (Å²) in [6, 6.07) is 9.18. The van der Waals surface area contributed by atoms with Crippen LogP contribution >= 0.6 is 0 Å². The maximum Gasteiger partial charge on any atom is 0.406 e. The number of halogens is 3. The van der Waals surface area contributed by atoms with E-state index in [1.165, 1.54) is 0 Å². The van der Waals surface area contributed by atoms with Crippen LogP contribution in [0.15, 0.2) is 30.3 Å². The van der Waals surface area contributed by atoms with Crippen LogP contribution in [0.25, 0.3) is 0 Å². The summed E-state index contributed by atoms with van der Waals surface area (Å²) in [6.45, 7) is 1.06. The van der Waals surface area contributed by atoms with E-state index >= 15 is 0 Å². The number of piperidine rings is 1. The highest BCUT2D eigenvalue weighted by molar-refractivity contribution is 5.15. The van der Waals surface area contributed by atoms with Gasteiger partial charge in [-0.1, -0.05) is 30.3 Å². The first-order valence-electron chi connectivity index (χ1n) is 6.10. The van der Waals surface area contributed by atoms with Crippen LogP contribution in [-0.2, 0) is 6.54 Å². The molecule has 0 spiro atoms. The number of nitrogens with one attached hydrogen (secondary N) is 2. The van der Waals surface area contributed by atoms with Gasteiger partial charge >= 0.3 is 6.18 Å². The fourth-order valence-corrected chi connectivity index (χ4v) is 2.28. The molecular formula is C13H17F3N2. The highest BCUT2D eigenvalue weighted by Gasteiger charge is 2.54. The van der Waals surface area contributed by atoms with Gasteiger partial charge in [0.1, 0.15) is 5.54 Å². The van der Waals surface area contributed by atoms with Crippen molar-refractivity contribution in [1.82, 2.24) is 10.6 Å². The van der Waals surface area contributed by atoms with Crippen molar-refractivity contribution < 1.29 is 13.2 Å². The zero-order valence-corrected chi connectivity index (χ0v) is 10.1. The molecule has 1 heterocycles. The SMILES string of the molecule is FC(F)(F)C1(NCc2ccccc2)CCNCC1. The molecule has 0 aromatic heterocycles. The fraction of sp³-hybridized carbons (Fsp3) is 0.538. The Kier molecular flexibility index (Phi) is 3.92. The Balaban J connectivity index is 2.06. The van der Waals surface area contributed by atoms with Crippen molar-refractivity contribution in [2.75, 3.05) is 13.1 Å². The Morgan fingerprint density at radius 3 is 2.28 bits per heavy atom. The number of benzene rings is 1. The largest absolute Gasteiger partial charge is 0.406 e.